The van der Waals surface area contributed by atoms with Crippen LogP contribution in [0.15, 0.2) is 81.8 Å². The van der Waals surface area contributed by atoms with Gasteiger partial charge in [0.2, 0.25) is 0 Å². The van der Waals surface area contributed by atoms with Gasteiger partial charge in [0.15, 0.2) is 5.76 Å². The number of rotatable bonds is 4. The van der Waals surface area contributed by atoms with Gasteiger partial charge >= 0.3 is 5.97 Å². The molecular weight excluding hydrogens is 382 g/mol. The fourth-order valence-electron chi connectivity index (χ4n) is 3.84. The average molecular weight is 401 g/mol. The maximum absolute atomic E-state index is 13.0. The molecule has 1 amide bonds. The van der Waals surface area contributed by atoms with Crippen LogP contribution in [-0.2, 0) is 29.1 Å². The van der Waals surface area contributed by atoms with E-state index in [1.54, 1.807) is 12.1 Å². The third-order valence-electron chi connectivity index (χ3n) is 5.35. The van der Waals surface area contributed by atoms with Crippen LogP contribution in [0.5, 0.6) is 0 Å². The number of fused-ring (bicyclic) bond motifs is 2. The lowest BCUT2D eigenvalue weighted by Crippen LogP contribution is -2.49. The van der Waals surface area contributed by atoms with Gasteiger partial charge in [0.25, 0.3) is 5.91 Å². The van der Waals surface area contributed by atoms with Crippen molar-refractivity contribution in [3.05, 3.63) is 95.6 Å². The van der Waals surface area contributed by atoms with Crippen LogP contribution in [0, 0.1) is 0 Å². The average Bonchev–Trinajstić information content (AvgIpc) is 3.45. The fourth-order valence-corrected chi connectivity index (χ4v) is 3.84. The Kier molecular flexibility index (Phi) is 4.59. The maximum Gasteiger partial charge on any atom is 0.329 e. The van der Waals surface area contributed by atoms with E-state index in [-0.39, 0.29) is 18.3 Å². The Morgan fingerprint density at radius 1 is 1.00 bits per heavy atom. The molecule has 2 aromatic heterocycles. The molecule has 0 saturated carbocycles. The highest BCUT2D eigenvalue weighted by Gasteiger charge is 2.37. The number of ether oxygens (including phenoxy) is 1. The van der Waals surface area contributed by atoms with Crippen LogP contribution < -0.4 is 0 Å². The third-order valence-corrected chi connectivity index (χ3v) is 5.35. The molecule has 0 bridgehead atoms. The maximum atomic E-state index is 13.0. The smallest absolute Gasteiger partial charge is 0.329 e. The molecule has 2 aromatic carbocycles. The van der Waals surface area contributed by atoms with Gasteiger partial charge in [0, 0.05) is 18.4 Å². The first-order valence-corrected chi connectivity index (χ1v) is 9.74. The van der Waals surface area contributed by atoms with E-state index >= 15 is 0 Å². The van der Waals surface area contributed by atoms with Crippen molar-refractivity contribution in [1.29, 1.82) is 0 Å². The van der Waals surface area contributed by atoms with Crippen LogP contribution in [0.1, 0.15) is 27.4 Å². The first-order valence-electron chi connectivity index (χ1n) is 9.74. The number of para-hydroxylation sites is 1. The zero-order chi connectivity index (χ0) is 20.5. The molecular formula is C24H19NO5. The van der Waals surface area contributed by atoms with Crippen LogP contribution >= 0.6 is 0 Å². The number of nitrogens with zero attached hydrogens (tertiary/aromatic N) is 1. The first kappa shape index (κ1) is 18.2. The van der Waals surface area contributed by atoms with Gasteiger partial charge in [0.05, 0.1) is 6.26 Å². The molecule has 4 aromatic rings. The number of carbonyl (C=O) groups excluding carboxylic acids is 2. The summed E-state index contributed by atoms with van der Waals surface area (Å²) in [7, 11) is 0. The lowest BCUT2D eigenvalue weighted by Gasteiger charge is -2.34. The number of hydrogen-bond acceptors (Lipinski definition) is 5. The zero-order valence-corrected chi connectivity index (χ0v) is 16.1. The van der Waals surface area contributed by atoms with Crippen LogP contribution in [0.3, 0.4) is 0 Å². The van der Waals surface area contributed by atoms with E-state index < -0.39 is 12.0 Å². The van der Waals surface area contributed by atoms with Crippen molar-refractivity contribution in [3.8, 4) is 0 Å². The van der Waals surface area contributed by atoms with Crippen molar-refractivity contribution >= 4 is 22.8 Å². The Balaban J connectivity index is 1.37. The number of carbonyl (C=O) groups is 2. The highest BCUT2D eigenvalue weighted by Crippen LogP contribution is 2.26. The van der Waals surface area contributed by atoms with Gasteiger partial charge in [-0.05, 0) is 35.4 Å². The molecule has 5 rings (SSSR count). The topological polar surface area (TPSA) is 72.9 Å². The number of hydrogen-bond donors (Lipinski definition) is 0. The molecule has 1 aliphatic heterocycles. The molecule has 0 N–H and O–H groups in total. The lowest BCUT2D eigenvalue weighted by atomic mass is 9.93. The van der Waals surface area contributed by atoms with Gasteiger partial charge in [-0.25, -0.2) is 4.79 Å². The quantitative estimate of drug-likeness (QED) is 0.476. The van der Waals surface area contributed by atoms with Gasteiger partial charge in [-0.3, -0.25) is 4.79 Å². The molecule has 6 heteroatoms. The standard InChI is InChI=1S/C24H19NO5/c26-23(22-10-5-11-28-22)25-14-18-8-2-1-6-16(18)13-20(25)24(27)29-15-19-12-17-7-3-4-9-21(17)30-19/h1-12,20H,13-15H2. The van der Waals surface area contributed by atoms with E-state index in [0.29, 0.717) is 18.7 Å². The molecule has 150 valence electrons. The van der Waals surface area contributed by atoms with E-state index in [0.717, 1.165) is 22.1 Å². The van der Waals surface area contributed by atoms with Crippen LogP contribution in [0.4, 0.5) is 0 Å². The van der Waals surface area contributed by atoms with Gasteiger partial charge in [0.1, 0.15) is 24.0 Å². The Morgan fingerprint density at radius 2 is 1.80 bits per heavy atom. The SMILES string of the molecule is O=C(OCc1cc2ccccc2o1)C1Cc2ccccc2CN1C(=O)c1ccco1. The van der Waals surface area contributed by atoms with Crippen molar-refractivity contribution in [2.45, 2.75) is 25.6 Å². The van der Waals surface area contributed by atoms with E-state index in [1.165, 1.54) is 11.2 Å². The predicted octanol–water partition coefficient (Wildman–Crippen LogP) is 4.34. The summed E-state index contributed by atoms with van der Waals surface area (Å²) in [5.74, 6) is -0.0424. The highest BCUT2D eigenvalue weighted by molar-refractivity contribution is 5.95. The predicted molar refractivity (Wildman–Crippen MR) is 109 cm³/mol. The Morgan fingerprint density at radius 3 is 2.60 bits per heavy atom. The summed E-state index contributed by atoms with van der Waals surface area (Å²) < 4.78 is 16.5. The minimum Gasteiger partial charge on any atom is -0.459 e. The summed E-state index contributed by atoms with van der Waals surface area (Å²) in [5, 5.41) is 0.949. The summed E-state index contributed by atoms with van der Waals surface area (Å²) in [4.78, 5) is 27.5. The minimum absolute atomic E-state index is 0.00838. The number of benzene rings is 2. The van der Waals surface area contributed by atoms with Crippen molar-refractivity contribution in [1.82, 2.24) is 4.90 Å². The zero-order valence-electron chi connectivity index (χ0n) is 16.1. The fraction of sp³-hybridized carbons (Fsp3) is 0.167. The molecule has 30 heavy (non-hydrogen) atoms. The van der Waals surface area contributed by atoms with E-state index in [4.69, 9.17) is 13.6 Å². The van der Waals surface area contributed by atoms with Crippen molar-refractivity contribution < 1.29 is 23.2 Å². The lowest BCUT2D eigenvalue weighted by molar-refractivity contribution is -0.151. The van der Waals surface area contributed by atoms with Crippen molar-refractivity contribution in [2.24, 2.45) is 0 Å². The number of amides is 1. The van der Waals surface area contributed by atoms with Crippen molar-refractivity contribution in [2.75, 3.05) is 0 Å². The second kappa shape index (κ2) is 7.55. The Hall–Kier alpha value is -3.80. The Bertz CT molecular complexity index is 1170. The molecule has 3 heterocycles. The van der Waals surface area contributed by atoms with Crippen LogP contribution in [-0.4, -0.2) is 22.8 Å². The van der Waals surface area contributed by atoms with E-state index in [9.17, 15) is 9.59 Å². The van der Waals surface area contributed by atoms with Gasteiger partial charge in [-0.15, -0.1) is 0 Å². The molecule has 0 radical (unpaired) electrons. The largest absolute Gasteiger partial charge is 0.459 e. The second-order valence-corrected chi connectivity index (χ2v) is 7.26. The molecule has 1 unspecified atom stereocenters. The summed E-state index contributed by atoms with van der Waals surface area (Å²) in [6.07, 6.45) is 1.83. The number of esters is 1. The summed E-state index contributed by atoms with van der Waals surface area (Å²) >= 11 is 0. The molecule has 0 fully saturated rings. The van der Waals surface area contributed by atoms with Gasteiger partial charge in [-0.1, -0.05) is 42.5 Å². The van der Waals surface area contributed by atoms with Crippen LogP contribution in [0.25, 0.3) is 11.0 Å². The molecule has 0 saturated heterocycles. The monoisotopic (exact) mass is 401 g/mol. The first-order chi connectivity index (χ1) is 14.7. The van der Waals surface area contributed by atoms with Gasteiger partial charge in [-0.2, -0.15) is 0 Å². The highest BCUT2D eigenvalue weighted by atomic mass is 16.5. The van der Waals surface area contributed by atoms with Gasteiger partial charge < -0.3 is 18.5 Å². The molecule has 6 nitrogen and oxygen atoms in total. The normalized spacial score (nSPS) is 15.7. The van der Waals surface area contributed by atoms with E-state index in [1.807, 2.05) is 54.6 Å². The molecule has 1 aliphatic rings. The molecule has 0 aliphatic carbocycles. The third kappa shape index (κ3) is 3.37. The minimum atomic E-state index is -0.734. The summed E-state index contributed by atoms with van der Waals surface area (Å²) in [6.45, 7) is 0.328. The second-order valence-electron chi connectivity index (χ2n) is 7.26. The summed E-state index contributed by atoms with van der Waals surface area (Å²) in [6, 6.07) is 19.8. The van der Waals surface area contributed by atoms with Crippen LogP contribution in [0.2, 0.25) is 0 Å². The van der Waals surface area contributed by atoms with Crippen molar-refractivity contribution in [3.63, 3.8) is 0 Å². The molecule has 1 atom stereocenters. The van der Waals surface area contributed by atoms with E-state index in [2.05, 4.69) is 0 Å². The summed E-state index contributed by atoms with van der Waals surface area (Å²) in [5.41, 5.74) is 2.79. The molecule has 0 spiro atoms. The number of furan rings is 2. The Labute approximate surface area is 172 Å².